The zero-order valence-electron chi connectivity index (χ0n) is 34.0. The number of hydrogen-bond donors (Lipinski definition) is 0. The van der Waals surface area contributed by atoms with Gasteiger partial charge < -0.3 is 13.6 Å². The number of hydrogen-bond acceptors (Lipinski definition) is 3. The molecule has 13 aromatic rings. The fraction of sp³-hybridized carbons (Fsp3) is 0. The van der Waals surface area contributed by atoms with Crippen molar-refractivity contribution in [1.29, 1.82) is 0 Å². The van der Waals surface area contributed by atoms with Crippen LogP contribution in [0.5, 0.6) is 0 Å². The normalized spacial score (nSPS) is 11.8. The number of benzene rings is 9. The summed E-state index contributed by atoms with van der Waals surface area (Å²) in [6.07, 6.45) is 0. The molecule has 0 saturated heterocycles. The van der Waals surface area contributed by atoms with Gasteiger partial charge in [-0.3, -0.25) is 0 Å². The van der Waals surface area contributed by atoms with Gasteiger partial charge in [-0.15, -0.1) is 0 Å². The Hall–Kier alpha value is -8.54. The Morgan fingerprint density at radius 3 is 1.32 bits per heavy atom. The summed E-state index contributed by atoms with van der Waals surface area (Å²) in [6, 6.07) is 77.3. The van der Waals surface area contributed by atoms with E-state index in [1.807, 2.05) is 24.3 Å². The van der Waals surface area contributed by atoms with E-state index >= 15 is 0 Å². The third kappa shape index (κ3) is 5.64. The fourth-order valence-electron chi connectivity index (χ4n) is 9.70. The molecule has 0 aliphatic rings. The van der Waals surface area contributed by atoms with Gasteiger partial charge in [0.25, 0.3) is 0 Å². The van der Waals surface area contributed by atoms with Crippen LogP contribution in [0.2, 0.25) is 0 Å². The van der Waals surface area contributed by atoms with Gasteiger partial charge in [-0.05, 0) is 71.8 Å². The van der Waals surface area contributed by atoms with E-state index in [4.69, 9.17) is 14.4 Å². The summed E-state index contributed by atoms with van der Waals surface area (Å²) in [5, 5.41) is 7.08. The van der Waals surface area contributed by atoms with E-state index in [1.165, 1.54) is 21.5 Å². The largest absolute Gasteiger partial charge is 0.456 e. The number of furan rings is 1. The Kier molecular flexibility index (Phi) is 7.84. The van der Waals surface area contributed by atoms with E-state index < -0.39 is 0 Å². The van der Waals surface area contributed by atoms with Crippen LogP contribution in [-0.2, 0) is 0 Å². The average molecular weight is 805 g/mol. The van der Waals surface area contributed by atoms with Gasteiger partial charge in [-0.25, -0.2) is 9.97 Å². The fourth-order valence-corrected chi connectivity index (χ4v) is 9.70. The van der Waals surface area contributed by atoms with Crippen molar-refractivity contribution in [3.63, 3.8) is 0 Å². The second-order valence-electron chi connectivity index (χ2n) is 16.2. The first-order valence-corrected chi connectivity index (χ1v) is 21.3. The predicted octanol–water partition coefficient (Wildman–Crippen LogP) is 15.2. The Balaban J connectivity index is 1.04. The number of para-hydroxylation sites is 5. The number of rotatable bonds is 6. The van der Waals surface area contributed by atoms with Gasteiger partial charge in [0.2, 0.25) is 0 Å². The lowest BCUT2D eigenvalue weighted by Gasteiger charge is -2.16. The lowest BCUT2D eigenvalue weighted by atomic mass is 9.97. The van der Waals surface area contributed by atoms with Crippen molar-refractivity contribution >= 4 is 65.6 Å². The van der Waals surface area contributed by atoms with Crippen molar-refractivity contribution in [2.45, 2.75) is 0 Å². The minimum Gasteiger partial charge on any atom is -0.456 e. The van der Waals surface area contributed by atoms with Gasteiger partial charge >= 0.3 is 0 Å². The summed E-state index contributed by atoms with van der Waals surface area (Å²) >= 11 is 0. The van der Waals surface area contributed by atoms with Crippen molar-refractivity contribution in [2.24, 2.45) is 0 Å². The van der Waals surface area contributed by atoms with E-state index in [-0.39, 0.29) is 0 Å². The van der Waals surface area contributed by atoms with Crippen LogP contribution in [0.4, 0.5) is 0 Å². The van der Waals surface area contributed by atoms with Crippen LogP contribution in [0.3, 0.4) is 0 Å². The van der Waals surface area contributed by atoms with Crippen LogP contribution < -0.4 is 0 Å². The minimum atomic E-state index is 0.648. The molecule has 0 saturated carbocycles. The number of aromatic nitrogens is 4. The molecule has 294 valence electrons. The Labute approximate surface area is 362 Å². The van der Waals surface area contributed by atoms with Crippen LogP contribution in [0.1, 0.15) is 0 Å². The Bertz CT molecular complexity index is 3670. The topological polar surface area (TPSA) is 48.8 Å². The Morgan fingerprint density at radius 1 is 0.317 bits per heavy atom. The highest BCUT2D eigenvalue weighted by atomic mass is 16.3. The zero-order valence-corrected chi connectivity index (χ0v) is 34.0. The molecule has 0 amide bonds. The minimum absolute atomic E-state index is 0.648. The molecule has 0 spiro atoms. The Morgan fingerprint density at radius 2 is 0.762 bits per heavy atom. The van der Waals surface area contributed by atoms with Crippen molar-refractivity contribution in [2.75, 3.05) is 0 Å². The first kappa shape index (κ1) is 35.2. The molecule has 0 N–H and O–H groups in total. The summed E-state index contributed by atoms with van der Waals surface area (Å²) < 4.78 is 11.0. The molecular formula is C58H36N4O. The standard InChI is InChI=1S/C58H36N4O/c1-2-15-38(16-3-1)49-36-50(39-31-29-37(30-32-39)43-22-14-28-56-57(43)48-21-8-13-27-55(48)63-56)60-58(59-49)40-33-41(61-51-23-9-4-17-44(51)45-18-5-10-24-52(45)61)35-42(34-40)62-53-25-11-6-19-46(53)47-20-7-12-26-54(47)62/h1-36H. The highest BCUT2D eigenvalue weighted by molar-refractivity contribution is 6.13. The van der Waals surface area contributed by atoms with Crippen LogP contribution in [-0.4, -0.2) is 19.1 Å². The second-order valence-corrected chi connectivity index (χ2v) is 16.2. The van der Waals surface area contributed by atoms with E-state index in [0.29, 0.717) is 5.82 Å². The molecular weight excluding hydrogens is 769 g/mol. The number of fused-ring (bicyclic) bond motifs is 9. The molecule has 0 aliphatic carbocycles. The summed E-state index contributed by atoms with van der Waals surface area (Å²) in [6.45, 7) is 0. The molecule has 63 heavy (non-hydrogen) atoms. The zero-order chi connectivity index (χ0) is 41.4. The molecule has 0 unspecified atom stereocenters. The van der Waals surface area contributed by atoms with E-state index in [9.17, 15) is 0 Å². The maximum Gasteiger partial charge on any atom is 0.160 e. The van der Waals surface area contributed by atoms with Crippen molar-refractivity contribution in [1.82, 2.24) is 19.1 Å². The summed E-state index contributed by atoms with van der Waals surface area (Å²) in [4.78, 5) is 10.8. The number of nitrogens with zero attached hydrogens (tertiary/aromatic N) is 4. The quantitative estimate of drug-likeness (QED) is 0.168. The van der Waals surface area contributed by atoms with Gasteiger partial charge in [0, 0.05) is 60.4 Å². The van der Waals surface area contributed by atoms with E-state index in [1.54, 1.807) is 0 Å². The molecule has 4 heterocycles. The van der Waals surface area contributed by atoms with Crippen LogP contribution in [0.25, 0.3) is 122 Å². The first-order valence-electron chi connectivity index (χ1n) is 21.3. The van der Waals surface area contributed by atoms with Gasteiger partial charge in [-0.1, -0.05) is 158 Å². The molecule has 9 aromatic carbocycles. The molecule has 5 nitrogen and oxygen atoms in total. The molecule has 0 radical (unpaired) electrons. The summed E-state index contributed by atoms with van der Waals surface area (Å²) in [5.41, 5.74) is 15.3. The van der Waals surface area contributed by atoms with Crippen LogP contribution >= 0.6 is 0 Å². The molecule has 0 bridgehead atoms. The maximum atomic E-state index is 6.25. The van der Waals surface area contributed by atoms with Crippen molar-refractivity contribution in [3.05, 3.63) is 218 Å². The third-order valence-corrected chi connectivity index (χ3v) is 12.5. The lowest BCUT2D eigenvalue weighted by Crippen LogP contribution is -2.02. The second kappa shape index (κ2) is 14.0. The summed E-state index contributed by atoms with van der Waals surface area (Å²) in [5.74, 6) is 0.648. The van der Waals surface area contributed by atoms with Gasteiger partial charge in [0.15, 0.2) is 5.82 Å². The molecule has 13 rings (SSSR count). The van der Waals surface area contributed by atoms with Gasteiger partial charge in [0.05, 0.1) is 33.5 Å². The van der Waals surface area contributed by atoms with Crippen LogP contribution in [0.15, 0.2) is 223 Å². The first-order chi connectivity index (χ1) is 31.2. The highest BCUT2D eigenvalue weighted by Gasteiger charge is 2.20. The third-order valence-electron chi connectivity index (χ3n) is 12.5. The predicted molar refractivity (Wildman–Crippen MR) is 260 cm³/mol. The average Bonchev–Trinajstić information content (AvgIpc) is 4.02. The lowest BCUT2D eigenvalue weighted by molar-refractivity contribution is 0.669. The van der Waals surface area contributed by atoms with Crippen molar-refractivity contribution < 1.29 is 4.42 Å². The SMILES string of the molecule is c1ccc(-c2cc(-c3ccc(-c4cccc5oc6ccccc6c45)cc3)nc(-c3cc(-n4c5ccccc5c5ccccc54)cc(-n4c5ccccc5c5ccccc54)c3)n2)cc1. The molecule has 0 fully saturated rings. The maximum absolute atomic E-state index is 6.25. The highest BCUT2D eigenvalue weighted by Crippen LogP contribution is 2.40. The van der Waals surface area contributed by atoms with Gasteiger partial charge in [-0.2, -0.15) is 0 Å². The smallest absolute Gasteiger partial charge is 0.160 e. The monoisotopic (exact) mass is 804 g/mol. The van der Waals surface area contributed by atoms with Gasteiger partial charge in [0.1, 0.15) is 11.2 Å². The molecule has 5 heteroatoms. The molecule has 0 aliphatic heterocycles. The van der Waals surface area contributed by atoms with Crippen molar-refractivity contribution in [3.8, 4) is 56.4 Å². The molecule has 0 atom stereocenters. The van der Waals surface area contributed by atoms with E-state index in [2.05, 4.69) is 203 Å². The summed E-state index contributed by atoms with van der Waals surface area (Å²) in [7, 11) is 0. The van der Waals surface area contributed by atoms with Crippen LogP contribution in [0, 0.1) is 0 Å². The molecule has 4 aromatic heterocycles. The van der Waals surface area contributed by atoms with E-state index in [0.717, 1.165) is 94.6 Å².